The molecule has 128 valence electrons. The minimum absolute atomic E-state index is 0.204. The summed E-state index contributed by atoms with van der Waals surface area (Å²) >= 11 is 0. The van der Waals surface area contributed by atoms with Crippen LogP contribution in [0.25, 0.3) is 0 Å². The molecule has 1 aromatic heterocycles. The maximum Gasteiger partial charge on any atom is 0.103 e. The number of nitrogens with one attached hydrogen (secondary N) is 1. The van der Waals surface area contributed by atoms with Crippen LogP contribution in [0.4, 0.5) is 0 Å². The molecule has 2 aliphatic heterocycles. The third kappa shape index (κ3) is 3.62. The Hall–Kier alpha value is -0.910. The van der Waals surface area contributed by atoms with Gasteiger partial charge in [0.15, 0.2) is 0 Å². The molecule has 3 aliphatic rings. The van der Waals surface area contributed by atoms with Crippen molar-refractivity contribution >= 4 is 0 Å². The number of aromatic nitrogens is 2. The van der Waals surface area contributed by atoms with E-state index in [1.807, 2.05) is 17.9 Å². The topological polar surface area (TPSA) is 42.3 Å². The first kappa shape index (κ1) is 15.6. The quantitative estimate of drug-likeness (QED) is 0.903. The number of piperidine rings is 1. The fraction of sp³-hybridized carbons (Fsp3) is 0.833. The molecular formula is C18H30N4O. The molecule has 1 saturated carbocycles. The number of aryl methyl sites for hydroxylation is 1. The number of hydrogen-bond acceptors (Lipinski definition) is 4. The summed E-state index contributed by atoms with van der Waals surface area (Å²) in [5.41, 5.74) is 1.22. The van der Waals surface area contributed by atoms with Crippen LogP contribution in [-0.2, 0) is 11.8 Å². The summed E-state index contributed by atoms with van der Waals surface area (Å²) in [4.78, 5) is 2.69. The molecular weight excluding hydrogens is 288 g/mol. The second-order valence-electron chi connectivity index (χ2n) is 7.52. The molecule has 4 rings (SSSR count). The van der Waals surface area contributed by atoms with E-state index in [1.165, 1.54) is 57.3 Å². The maximum atomic E-state index is 6.10. The van der Waals surface area contributed by atoms with Crippen molar-refractivity contribution in [1.82, 2.24) is 20.0 Å². The molecule has 0 radical (unpaired) electrons. The lowest BCUT2D eigenvalue weighted by Gasteiger charge is -2.36. The Kier molecular flexibility index (Phi) is 4.69. The van der Waals surface area contributed by atoms with Gasteiger partial charge in [-0.25, -0.2) is 0 Å². The molecule has 2 saturated heterocycles. The van der Waals surface area contributed by atoms with Gasteiger partial charge in [-0.3, -0.25) is 4.68 Å². The molecule has 0 spiro atoms. The van der Waals surface area contributed by atoms with Crippen LogP contribution >= 0.6 is 0 Å². The van der Waals surface area contributed by atoms with Gasteiger partial charge in [0.2, 0.25) is 0 Å². The summed E-state index contributed by atoms with van der Waals surface area (Å²) in [5.74, 6) is 0.570. The van der Waals surface area contributed by atoms with Crippen LogP contribution in [0.15, 0.2) is 12.3 Å². The Morgan fingerprint density at radius 1 is 1.22 bits per heavy atom. The van der Waals surface area contributed by atoms with Crippen molar-refractivity contribution in [1.29, 1.82) is 0 Å². The largest absolute Gasteiger partial charge is 0.372 e. The second kappa shape index (κ2) is 6.91. The van der Waals surface area contributed by atoms with Crippen LogP contribution in [0.2, 0.25) is 0 Å². The van der Waals surface area contributed by atoms with E-state index in [4.69, 9.17) is 4.74 Å². The van der Waals surface area contributed by atoms with Crippen molar-refractivity contribution in [3.05, 3.63) is 18.0 Å². The van der Waals surface area contributed by atoms with Gasteiger partial charge in [-0.15, -0.1) is 0 Å². The van der Waals surface area contributed by atoms with E-state index in [9.17, 15) is 0 Å². The molecule has 2 atom stereocenters. The van der Waals surface area contributed by atoms with Crippen molar-refractivity contribution in [2.45, 2.75) is 56.7 Å². The summed E-state index contributed by atoms with van der Waals surface area (Å²) < 4.78 is 8.07. The van der Waals surface area contributed by atoms with Crippen LogP contribution in [0.1, 0.15) is 50.3 Å². The van der Waals surface area contributed by atoms with Gasteiger partial charge < -0.3 is 15.0 Å². The van der Waals surface area contributed by atoms with Crippen molar-refractivity contribution in [3.63, 3.8) is 0 Å². The Balaban J connectivity index is 1.29. The normalized spacial score (nSPS) is 30.7. The van der Waals surface area contributed by atoms with Crippen molar-refractivity contribution in [3.8, 4) is 0 Å². The maximum absolute atomic E-state index is 6.10. The first-order chi connectivity index (χ1) is 11.3. The second-order valence-corrected chi connectivity index (χ2v) is 7.52. The summed E-state index contributed by atoms with van der Waals surface area (Å²) in [7, 11) is 2.02. The number of hydrogen-bond donors (Lipinski definition) is 1. The third-order valence-corrected chi connectivity index (χ3v) is 5.86. The molecule has 0 bridgehead atoms. The van der Waals surface area contributed by atoms with Crippen molar-refractivity contribution in [2.75, 3.05) is 26.2 Å². The highest BCUT2D eigenvalue weighted by Gasteiger charge is 2.33. The first-order valence-corrected chi connectivity index (χ1v) is 9.38. The van der Waals surface area contributed by atoms with Crippen LogP contribution < -0.4 is 5.32 Å². The average Bonchev–Trinajstić information content (AvgIpc) is 3.35. The first-order valence-electron chi connectivity index (χ1n) is 9.38. The lowest BCUT2D eigenvalue weighted by atomic mass is 9.91. The van der Waals surface area contributed by atoms with E-state index in [-0.39, 0.29) is 6.10 Å². The highest BCUT2D eigenvalue weighted by Crippen LogP contribution is 2.33. The molecule has 5 heteroatoms. The predicted octanol–water partition coefficient (Wildman–Crippen LogP) is 2.10. The molecule has 1 N–H and O–H groups in total. The highest BCUT2D eigenvalue weighted by atomic mass is 16.5. The zero-order chi connectivity index (χ0) is 15.6. The van der Waals surface area contributed by atoms with Crippen LogP contribution in [-0.4, -0.2) is 53.0 Å². The molecule has 5 nitrogen and oxygen atoms in total. The molecule has 1 aromatic rings. The Bertz CT molecular complexity index is 505. The highest BCUT2D eigenvalue weighted by molar-refractivity contribution is 5.07. The van der Waals surface area contributed by atoms with E-state index in [0.29, 0.717) is 12.0 Å². The number of rotatable bonds is 5. The monoisotopic (exact) mass is 318 g/mol. The van der Waals surface area contributed by atoms with Gasteiger partial charge >= 0.3 is 0 Å². The molecule has 0 amide bonds. The molecule has 3 fully saturated rings. The third-order valence-electron chi connectivity index (χ3n) is 5.86. The zero-order valence-electron chi connectivity index (χ0n) is 14.3. The molecule has 0 aromatic carbocycles. The molecule has 1 aliphatic carbocycles. The Labute approximate surface area is 139 Å². The minimum Gasteiger partial charge on any atom is -0.372 e. The van der Waals surface area contributed by atoms with E-state index >= 15 is 0 Å². The zero-order valence-corrected chi connectivity index (χ0v) is 14.3. The fourth-order valence-corrected chi connectivity index (χ4v) is 4.27. The fourth-order valence-electron chi connectivity index (χ4n) is 4.27. The molecule has 0 unspecified atom stereocenters. The van der Waals surface area contributed by atoms with Gasteiger partial charge in [0.1, 0.15) is 6.10 Å². The lowest BCUT2D eigenvalue weighted by molar-refractivity contribution is -0.0334. The average molecular weight is 318 g/mol. The van der Waals surface area contributed by atoms with Gasteiger partial charge in [0.25, 0.3) is 0 Å². The Morgan fingerprint density at radius 3 is 2.74 bits per heavy atom. The summed E-state index contributed by atoms with van der Waals surface area (Å²) in [6, 6.07) is 3.73. The van der Waals surface area contributed by atoms with Crippen molar-refractivity contribution < 1.29 is 4.74 Å². The Morgan fingerprint density at radius 2 is 2.04 bits per heavy atom. The smallest absolute Gasteiger partial charge is 0.103 e. The summed E-state index contributed by atoms with van der Waals surface area (Å²) in [6.45, 7) is 4.53. The van der Waals surface area contributed by atoms with E-state index < -0.39 is 0 Å². The van der Waals surface area contributed by atoms with Crippen molar-refractivity contribution in [2.24, 2.45) is 13.0 Å². The van der Waals surface area contributed by atoms with Crippen LogP contribution in [0.5, 0.6) is 0 Å². The lowest BCUT2D eigenvalue weighted by Crippen LogP contribution is -2.45. The number of nitrogens with zero attached hydrogens (tertiary/aromatic N) is 3. The summed E-state index contributed by atoms with van der Waals surface area (Å²) in [5, 5.41) is 8.16. The standard InChI is InChI=1S/C18H30N4O/c1-21-17(6-9-20-21)18-14(3-2-12-23-18)13-19-15-7-10-22(11-8-15)16-4-5-16/h6,9,14-16,18-19H,2-5,7-8,10-13H2,1H3/t14-,18+/m0/s1. The number of ether oxygens (including phenoxy) is 1. The van der Waals surface area contributed by atoms with Gasteiger partial charge in [-0.05, 0) is 57.7 Å². The van der Waals surface area contributed by atoms with Gasteiger partial charge in [0, 0.05) is 44.4 Å². The van der Waals surface area contributed by atoms with Gasteiger partial charge in [0.05, 0.1) is 5.69 Å². The van der Waals surface area contributed by atoms with Crippen LogP contribution in [0, 0.1) is 5.92 Å². The molecule has 23 heavy (non-hydrogen) atoms. The SMILES string of the molecule is Cn1nccc1[C@@H]1OCCC[C@H]1CNC1CCN(C2CC2)CC1. The van der Waals surface area contributed by atoms with E-state index in [2.05, 4.69) is 21.4 Å². The molecule has 3 heterocycles. The van der Waals surface area contributed by atoms with E-state index in [1.54, 1.807) is 0 Å². The van der Waals surface area contributed by atoms with Crippen LogP contribution in [0.3, 0.4) is 0 Å². The predicted molar refractivity (Wildman–Crippen MR) is 90.2 cm³/mol. The van der Waals surface area contributed by atoms with Gasteiger partial charge in [-0.1, -0.05) is 0 Å². The van der Waals surface area contributed by atoms with Gasteiger partial charge in [-0.2, -0.15) is 5.10 Å². The number of likely N-dealkylation sites (tertiary alicyclic amines) is 1. The minimum atomic E-state index is 0.204. The van der Waals surface area contributed by atoms with E-state index in [0.717, 1.165) is 19.2 Å². The summed E-state index contributed by atoms with van der Waals surface area (Å²) in [6.07, 6.45) is 10.0.